The quantitative estimate of drug-likeness (QED) is 0.249. The lowest BCUT2D eigenvalue weighted by Crippen LogP contribution is -2.53. The summed E-state index contributed by atoms with van der Waals surface area (Å²) in [5.41, 5.74) is 2.03. The lowest BCUT2D eigenvalue weighted by molar-refractivity contribution is -0.165. The first-order valence-corrected chi connectivity index (χ1v) is 12.3. The van der Waals surface area contributed by atoms with Crippen molar-refractivity contribution in [2.45, 2.75) is 39.2 Å². The Hall–Kier alpha value is -2.99. The highest BCUT2D eigenvalue weighted by Gasteiger charge is 2.66. The van der Waals surface area contributed by atoms with E-state index < -0.39 is 11.4 Å². The van der Waals surface area contributed by atoms with Gasteiger partial charge in [-0.1, -0.05) is 61.0 Å². The molecule has 186 valence electrons. The number of esters is 1. The minimum atomic E-state index is -1.27. The van der Waals surface area contributed by atoms with E-state index in [0.717, 1.165) is 11.1 Å². The molecule has 1 fully saturated rings. The number of hydrogen-bond donors (Lipinski definition) is 1. The first-order chi connectivity index (χ1) is 16.9. The SMILES string of the molecule is COC(=O)[C@@]12C(=O)N[C@@H](Cc3ccccc3)[C@@H]1[C@H](C)C(C)=C[C@@H]2CCOCCc1ccc(F)cc1. The second kappa shape index (κ2) is 10.7. The summed E-state index contributed by atoms with van der Waals surface area (Å²) < 4.78 is 24.3. The number of fused-ring (bicyclic) bond motifs is 1. The van der Waals surface area contributed by atoms with Gasteiger partial charge >= 0.3 is 5.97 Å². The molecule has 1 heterocycles. The molecule has 5 nitrogen and oxygen atoms in total. The molecular weight excluding hydrogens is 445 g/mol. The Kier molecular flexibility index (Phi) is 7.70. The van der Waals surface area contributed by atoms with Gasteiger partial charge in [0.15, 0.2) is 5.41 Å². The molecule has 35 heavy (non-hydrogen) atoms. The standard InChI is InChI=1S/C29H34FNO4/c1-19-17-23(14-16-35-15-13-21-9-11-24(30)12-10-21)29(28(33)34-3)26(20(19)2)25(31-27(29)32)18-22-7-5-4-6-8-22/h4-12,17,20,23,25-26H,13-16,18H2,1-3H3,(H,31,32)/t20-,23+,25+,26+,29-/m1/s1. The summed E-state index contributed by atoms with van der Waals surface area (Å²) in [6.45, 7) is 5.07. The number of nitrogens with one attached hydrogen (secondary N) is 1. The van der Waals surface area contributed by atoms with E-state index in [0.29, 0.717) is 32.5 Å². The highest BCUT2D eigenvalue weighted by atomic mass is 19.1. The fourth-order valence-corrected chi connectivity index (χ4v) is 5.95. The number of amides is 1. The summed E-state index contributed by atoms with van der Waals surface area (Å²) >= 11 is 0. The number of allylic oxidation sites excluding steroid dienone is 2. The van der Waals surface area contributed by atoms with Crippen molar-refractivity contribution >= 4 is 11.9 Å². The van der Waals surface area contributed by atoms with Gasteiger partial charge in [0.25, 0.3) is 0 Å². The largest absolute Gasteiger partial charge is 0.468 e. The van der Waals surface area contributed by atoms with Crippen molar-refractivity contribution in [1.29, 1.82) is 0 Å². The number of carbonyl (C=O) groups is 2. The number of halogens is 1. The summed E-state index contributed by atoms with van der Waals surface area (Å²) in [7, 11) is 1.36. The smallest absolute Gasteiger partial charge is 0.322 e. The molecule has 1 N–H and O–H groups in total. The average Bonchev–Trinajstić information content (AvgIpc) is 3.15. The number of methoxy groups -OCH3 is 1. The maximum absolute atomic E-state index is 13.6. The lowest BCUT2D eigenvalue weighted by Gasteiger charge is -2.44. The zero-order valence-electron chi connectivity index (χ0n) is 20.6. The van der Waals surface area contributed by atoms with Crippen molar-refractivity contribution in [1.82, 2.24) is 5.32 Å². The molecule has 5 atom stereocenters. The van der Waals surface area contributed by atoms with Gasteiger partial charge in [-0.3, -0.25) is 9.59 Å². The van der Waals surface area contributed by atoms with E-state index in [1.807, 2.05) is 30.3 Å². The summed E-state index contributed by atoms with van der Waals surface area (Å²) in [4.78, 5) is 26.9. The number of ether oxygens (including phenoxy) is 2. The Labute approximate surface area is 206 Å². The van der Waals surface area contributed by atoms with Gasteiger partial charge in [0.1, 0.15) is 5.82 Å². The summed E-state index contributed by atoms with van der Waals surface area (Å²) in [5.74, 6) is -1.45. The third kappa shape index (κ3) is 4.90. The minimum Gasteiger partial charge on any atom is -0.468 e. The molecule has 2 aromatic rings. The Balaban J connectivity index is 1.51. The molecule has 0 spiro atoms. The molecule has 4 rings (SSSR count). The van der Waals surface area contributed by atoms with Crippen molar-refractivity contribution in [3.8, 4) is 0 Å². The fourth-order valence-electron chi connectivity index (χ4n) is 5.95. The van der Waals surface area contributed by atoms with Gasteiger partial charge in [-0.25, -0.2) is 4.39 Å². The van der Waals surface area contributed by atoms with E-state index in [-0.39, 0.29) is 35.5 Å². The van der Waals surface area contributed by atoms with Crippen LogP contribution in [0.2, 0.25) is 0 Å². The van der Waals surface area contributed by atoms with Crippen molar-refractivity contribution in [2.75, 3.05) is 20.3 Å². The van der Waals surface area contributed by atoms with E-state index in [2.05, 4.69) is 25.2 Å². The zero-order chi connectivity index (χ0) is 25.0. The normalized spacial score (nSPS) is 27.7. The van der Waals surface area contributed by atoms with Crippen LogP contribution in [0, 0.1) is 29.0 Å². The second-order valence-corrected chi connectivity index (χ2v) is 9.74. The van der Waals surface area contributed by atoms with Crippen LogP contribution in [-0.2, 0) is 31.9 Å². The van der Waals surface area contributed by atoms with Crippen LogP contribution >= 0.6 is 0 Å². The highest BCUT2D eigenvalue weighted by molar-refractivity contribution is 6.06. The maximum Gasteiger partial charge on any atom is 0.322 e. The van der Waals surface area contributed by atoms with Gasteiger partial charge in [0, 0.05) is 24.5 Å². The van der Waals surface area contributed by atoms with Gasteiger partial charge in [-0.15, -0.1) is 0 Å². The molecule has 0 saturated carbocycles. The second-order valence-electron chi connectivity index (χ2n) is 9.74. The van der Waals surface area contributed by atoms with Crippen LogP contribution in [0.5, 0.6) is 0 Å². The predicted octanol–water partition coefficient (Wildman–Crippen LogP) is 4.50. The topological polar surface area (TPSA) is 64.6 Å². The Morgan fingerprint density at radius 1 is 1.06 bits per heavy atom. The van der Waals surface area contributed by atoms with E-state index in [1.165, 1.54) is 24.8 Å². The van der Waals surface area contributed by atoms with E-state index in [4.69, 9.17) is 9.47 Å². The summed E-state index contributed by atoms with van der Waals surface area (Å²) in [6, 6.07) is 16.3. The van der Waals surface area contributed by atoms with E-state index in [9.17, 15) is 14.0 Å². The molecule has 0 unspecified atom stereocenters. The lowest BCUT2D eigenvalue weighted by atomic mass is 9.56. The Morgan fingerprint density at radius 2 is 1.77 bits per heavy atom. The Morgan fingerprint density at radius 3 is 2.46 bits per heavy atom. The van der Waals surface area contributed by atoms with E-state index >= 15 is 0 Å². The number of hydrogen-bond acceptors (Lipinski definition) is 4. The summed E-state index contributed by atoms with van der Waals surface area (Å²) in [6.07, 6.45) is 3.94. The molecule has 0 radical (unpaired) electrons. The molecule has 1 saturated heterocycles. The molecule has 1 aliphatic heterocycles. The first-order valence-electron chi connectivity index (χ1n) is 12.3. The predicted molar refractivity (Wildman–Crippen MR) is 132 cm³/mol. The van der Waals surface area contributed by atoms with Crippen molar-refractivity contribution < 1.29 is 23.5 Å². The molecule has 0 bridgehead atoms. The molecule has 2 aliphatic rings. The third-order valence-corrected chi connectivity index (χ3v) is 7.80. The van der Waals surface area contributed by atoms with Crippen LogP contribution in [0.4, 0.5) is 4.39 Å². The van der Waals surface area contributed by atoms with Gasteiger partial charge in [0.2, 0.25) is 5.91 Å². The van der Waals surface area contributed by atoms with Crippen LogP contribution in [0.3, 0.4) is 0 Å². The molecule has 1 aliphatic carbocycles. The van der Waals surface area contributed by atoms with Crippen molar-refractivity contribution in [3.63, 3.8) is 0 Å². The third-order valence-electron chi connectivity index (χ3n) is 7.80. The number of rotatable bonds is 9. The molecular formula is C29H34FNO4. The van der Waals surface area contributed by atoms with Crippen LogP contribution in [-0.4, -0.2) is 38.2 Å². The Bertz CT molecular complexity index is 1070. The fraction of sp³-hybridized carbons (Fsp3) is 0.448. The minimum absolute atomic E-state index is 0.0532. The van der Waals surface area contributed by atoms with Crippen molar-refractivity contribution in [3.05, 3.63) is 83.2 Å². The van der Waals surface area contributed by atoms with Crippen LogP contribution < -0.4 is 5.32 Å². The monoisotopic (exact) mass is 479 g/mol. The van der Waals surface area contributed by atoms with Gasteiger partial charge in [0.05, 0.1) is 13.7 Å². The maximum atomic E-state index is 13.6. The number of benzene rings is 2. The average molecular weight is 480 g/mol. The molecule has 1 amide bonds. The number of carbonyl (C=O) groups excluding carboxylic acids is 2. The van der Waals surface area contributed by atoms with Crippen LogP contribution in [0.1, 0.15) is 31.4 Å². The molecule has 0 aromatic heterocycles. The van der Waals surface area contributed by atoms with Crippen LogP contribution in [0.15, 0.2) is 66.2 Å². The van der Waals surface area contributed by atoms with Crippen LogP contribution in [0.25, 0.3) is 0 Å². The van der Waals surface area contributed by atoms with Gasteiger partial charge < -0.3 is 14.8 Å². The molecule has 2 aromatic carbocycles. The molecule has 6 heteroatoms. The van der Waals surface area contributed by atoms with Gasteiger partial charge in [-0.2, -0.15) is 0 Å². The van der Waals surface area contributed by atoms with Gasteiger partial charge in [-0.05, 0) is 55.4 Å². The van der Waals surface area contributed by atoms with Crippen molar-refractivity contribution in [2.24, 2.45) is 23.2 Å². The first kappa shape index (κ1) is 25.1. The summed E-state index contributed by atoms with van der Waals surface area (Å²) in [5, 5.41) is 3.16. The highest BCUT2D eigenvalue weighted by Crippen LogP contribution is 2.54. The van der Waals surface area contributed by atoms with E-state index in [1.54, 1.807) is 12.1 Å². The zero-order valence-corrected chi connectivity index (χ0v) is 20.6.